The van der Waals surface area contributed by atoms with Gasteiger partial charge in [0.2, 0.25) is 0 Å². The second kappa shape index (κ2) is 9.42. The lowest BCUT2D eigenvalue weighted by Gasteiger charge is -2.09. The Labute approximate surface area is 133 Å². The summed E-state index contributed by atoms with van der Waals surface area (Å²) in [4.78, 5) is 11.9. The van der Waals surface area contributed by atoms with Crippen LogP contribution in [-0.4, -0.2) is 45.5 Å². The van der Waals surface area contributed by atoms with Crippen LogP contribution in [0.1, 0.15) is 23.2 Å². The van der Waals surface area contributed by atoms with E-state index in [0.717, 1.165) is 19.6 Å². The van der Waals surface area contributed by atoms with Gasteiger partial charge in [0.25, 0.3) is 5.91 Å². The second-order valence-corrected chi connectivity index (χ2v) is 5.32. The molecule has 1 aliphatic rings. The third kappa shape index (κ3) is 6.50. The minimum Gasteiger partial charge on any atom is -0.435 e. The maximum atomic E-state index is 12.0. The Morgan fingerprint density at radius 2 is 2.13 bits per heavy atom. The largest absolute Gasteiger partial charge is 0.435 e. The van der Waals surface area contributed by atoms with Crippen molar-refractivity contribution in [3.63, 3.8) is 0 Å². The molecule has 0 aliphatic carbocycles. The highest BCUT2D eigenvalue weighted by Crippen LogP contribution is 2.15. The Hall–Kier alpha value is -1.73. The average Bonchev–Trinajstić information content (AvgIpc) is 3.04. The van der Waals surface area contributed by atoms with Gasteiger partial charge in [-0.05, 0) is 37.1 Å². The Kier molecular flexibility index (Phi) is 7.22. The molecule has 1 fully saturated rings. The molecule has 1 heterocycles. The van der Waals surface area contributed by atoms with Gasteiger partial charge in [0.05, 0.1) is 13.2 Å². The normalized spacial score (nSPS) is 17.4. The zero-order valence-electron chi connectivity index (χ0n) is 12.8. The van der Waals surface area contributed by atoms with Crippen LogP contribution in [0.5, 0.6) is 5.75 Å². The molecular formula is C16H21F2NO4. The van der Waals surface area contributed by atoms with Crippen molar-refractivity contribution >= 4 is 5.91 Å². The summed E-state index contributed by atoms with van der Waals surface area (Å²) < 4.78 is 39.1. The molecular weight excluding hydrogens is 308 g/mol. The van der Waals surface area contributed by atoms with Crippen molar-refractivity contribution < 1.29 is 27.8 Å². The molecule has 1 amide bonds. The minimum absolute atomic E-state index is 0.0286. The van der Waals surface area contributed by atoms with Gasteiger partial charge in [-0.25, -0.2) is 0 Å². The van der Waals surface area contributed by atoms with Crippen LogP contribution in [-0.2, 0) is 9.47 Å². The minimum atomic E-state index is -2.87. The molecule has 1 unspecified atom stereocenters. The molecule has 1 aromatic rings. The summed E-state index contributed by atoms with van der Waals surface area (Å²) in [6.07, 6.45) is 1.76. The van der Waals surface area contributed by atoms with Gasteiger partial charge in [0, 0.05) is 31.2 Å². The highest BCUT2D eigenvalue weighted by Gasteiger charge is 2.15. The fraction of sp³-hybridized carbons (Fsp3) is 0.562. The molecule has 5 nitrogen and oxygen atoms in total. The average molecular weight is 329 g/mol. The van der Waals surface area contributed by atoms with Crippen molar-refractivity contribution in [1.29, 1.82) is 0 Å². The van der Waals surface area contributed by atoms with Gasteiger partial charge in [-0.3, -0.25) is 4.79 Å². The van der Waals surface area contributed by atoms with Gasteiger partial charge in [0.15, 0.2) is 0 Å². The molecule has 0 radical (unpaired) electrons. The smallest absolute Gasteiger partial charge is 0.387 e. The van der Waals surface area contributed by atoms with E-state index in [4.69, 9.17) is 9.47 Å². The zero-order chi connectivity index (χ0) is 16.5. The van der Waals surface area contributed by atoms with Gasteiger partial charge < -0.3 is 19.5 Å². The number of halogens is 2. The first-order valence-electron chi connectivity index (χ1n) is 7.63. The molecule has 2 rings (SSSR count). The Morgan fingerprint density at radius 3 is 2.78 bits per heavy atom. The van der Waals surface area contributed by atoms with Crippen LogP contribution in [0.3, 0.4) is 0 Å². The van der Waals surface area contributed by atoms with Crippen LogP contribution >= 0.6 is 0 Å². The van der Waals surface area contributed by atoms with E-state index in [0.29, 0.717) is 37.7 Å². The summed E-state index contributed by atoms with van der Waals surface area (Å²) in [6.45, 7) is 0.477. The molecule has 1 atom stereocenters. The first-order valence-corrected chi connectivity index (χ1v) is 7.63. The van der Waals surface area contributed by atoms with Crippen molar-refractivity contribution in [3.05, 3.63) is 29.8 Å². The van der Waals surface area contributed by atoms with Gasteiger partial charge in [-0.1, -0.05) is 0 Å². The van der Waals surface area contributed by atoms with E-state index in [1.165, 1.54) is 24.3 Å². The summed E-state index contributed by atoms with van der Waals surface area (Å²) in [5.41, 5.74) is 0.399. The molecule has 128 valence electrons. The van der Waals surface area contributed by atoms with Crippen LogP contribution in [0, 0.1) is 5.92 Å². The number of alkyl halides is 2. The fourth-order valence-corrected chi connectivity index (χ4v) is 2.23. The quantitative estimate of drug-likeness (QED) is 0.707. The molecule has 1 saturated heterocycles. The number of rotatable bonds is 9. The zero-order valence-corrected chi connectivity index (χ0v) is 12.8. The number of benzene rings is 1. The number of ether oxygens (including phenoxy) is 3. The van der Waals surface area contributed by atoms with Crippen molar-refractivity contribution in [1.82, 2.24) is 5.32 Å². The Bertz CT molecular complexity index is 475. The Balaban J connectivity index is 1.58. The molecule has 1 N–H and O–H groups in total. The summed E-state index contributed by atoms with van der Waals surface area (Å²) in [5.74, 6) is 0.261. The van der Waals surface area contributed by atoms with E-state index in [1.807, 2.05) is 0 Å². The number of hydrogen-bond donors (Lipinski definition) is 1. The molecule has 7 heteroatoms. The molecule has 0 spiro atoms. The van der Waals surface area contributed by atoms with Gasteiger partial charge in [0.1, 0.15) is 5.75 Å². The fourth-order valence-electron chi connectivity index (χ4n) is 2.23. The standard InChI is InChI=1S/C16H21F2NO4/c17-16(18)23-14-4-2-13(3-5-14)15(20)19-7-1-8-21-10-12-6-9-22-11-12/h2-5,12,16H,1,6-11H2,(H,19,20). The van der Waals surface area contributed by atoms with E-state index in [1.54, 1.807) is 0 Å². The number of carbonyl (C=O) groups is 1. The van der Waals surface area contributed by atoms with Crippen molar-refractivity contribution in [3.8, 4) is 5.75 Å². The monoisotopic (exact) mass is 329 g/mol. The lowest BCUT2D eigenvalue weighted by atomic mass is 10.1. The second-order valence-electron chi connectivity index (χ2n) is 5.32. The first kappa shape index (κ1) is 17.6. The molecule has 0 saturated carbocycles. The molecule has 0 bridgehead atoms. The maximum Gasteiger partial charge on any atom is 0.387 e. The van der Waals surface area contributed by atoms with Crippen LogP contribution in [0.25, 0.3) is 0 Å². The van der Waals surface area contributed by atoms with Gasteiger partial charge in [-0.2, -0.15) is 8.78 Å². The van der Waals surface area contributed by atoms with E-state index in [9.17, 15) is 13.6 Å². The predicted molar refractivity (Wildman–Crippen MR) is 79.8 cm³/mol. The lowest BCUT2D eigenvalue weighted by Crippen LogP contribution is -2.25. The third-order valence-corrected chi connectivity index (χ3v) is 3.47. The van der Waals surface area contributed by atoms with Gasteiger partial charge >= 0.3 is 6.61 Å². The van der Waals surface area contributed by atoms with E-state index in [2.05, 4.69) is 10.1 Å². The van der Waals surface area contributed by atoms with Crippen LogP contribution < -0.4 is 10.1 Å². The molecule has 23 heavy (non-hydrogen) atoms. The predicted octanol–water partition coefficient (Wildman–Crippen LogP) is 2.46. The van der Waals surface area contributed by atoms with Crippen molar-refractivity contribution in [2.45, 2.75) is 19.5 Å². The number of hydrogen-bond acceptors (Lipinski definition) is 4. The summed E-state index contributed by atoms with van der Waals surface area (Å²) >= 11 is 0. The SMILES string of the molecule is O=C(NCCCOCC1CCOC1)c1ccc(OC(F)F)cc1. The number of nitrogens with one attached hydrogen (secondary N) is 1. The summed E-state index contributed by atoms with van der Waals surface area (Å²) in [7, 11) is 0. The van der Waals surface area contributed by atoms with E-state index >= 15 is 0 Å². The maximum absolute atomic E-state index is 12.0. The van der Waals surface area contributed by atoms with E-state index < -0.39 is 6.61 Å². The van der Waals surface area contributed by atoms with Crippen LogP contribution in [0.15, 0.2) is 24.3 Å². The topological polar surface area (TPSA) is 56.8 Å². The lowest BCUT2D eigenvalue weighted by molar-refractivity contribution is -0.0498. The number of carbonyl (C=O) groups excluding carboxylic acids is 1. The Morgan fingerprint density at radius 1 is 1.35 bits per heavy atom. The van der Waals surface area contributed by atoms with Crippen LogP contribution in [0.2, 0.25) is 0 Å². The summed E-state index contributed by atoms with van der Waals surface area (Å²) in [5, 5.41) is 2.76. The van der Waals surface area contributed by atoms with Gasteiger partial charge in [-0.15, -0.1) is 0 Å². The van der Waals surface area contributed by atoms with Crippen LogP contribution in [0.4, 0.5) is 8.78 Å². The summed E-state index contributed by atoms with van der Waals surface area (Å²) in [6, 6.07) is 5.58. The number of amides is 1. The molecule has 1 aliphatic heterocycles. The first-order chi connectivity index (χ1) is 11.1. The highest BCUT2D eigenvalue weighted by atomic mass is 19.3. The van der Waals surface area contributed by atoms with Crippen molar-refractivity contribution in [2.24, 2.45) is 5.92 Å². The molecule has 1 aromatic carbocycles. The van der Waals surface area contributed by atoms with E-state index in [-0.39, 0.29) is 11.7 Å². The highest BCUT2D eigenvalue weighted by molar-refractivity contribution is 5.94. The van der Waals surface area contributed by atoms with Crippen molar-refractivity contribution in [2.75, 3.05) is 33.0 Å². The molecule has 0 aromatic heterocycles. The third-order valence-electron chi connectivity index (χ3n) is 3.47.